The van der Waals surface area contributed by atoms with Gasteiger partial charge in [0.1, 0.15) is 45.5 Å². The highest BCUT2D eigenvalue weighted by Gasteiger charge is 2.39. The minimum atomic E-state index is -1.41. The van der Waals surface area contributed by atoms with E-state index >= 15 is 4.39 Å². The molecule has 0 unspecified atom stereocenters. The van der Waals surface area contributed by atoms with Crippen molar-refractivity contribution < 1.29 is 18.4 Å². The number of fused-ring (bicyclic) bond motifs is 2. The fraction of sp³-hybridized carbons (Fsp3) is 0.545. The second-order valence-corrected chi connectivity index (χ2v) is 16.8. The molecule has 4 saturated heterocycles. The number of carbonyl (C=O) groups excluding carboxylic acids is 2. The summed E-state index contributed by atoms with van der Waals surface area (Å²) in [6.07, 6.45) is 7.80. The Morgan fingerprint density at radius 1 is 0.700 bits per heavy atom. The molecule has 14 nitrogen and oxygen atoms in total. The summed E-state index contributed by atoms with van der Waals surface area (Å²) in [5, 5.41) is 27.9. The number of anilines is 2. The third kappa shape index (κ3) is 9.88. The average Bonchev–Trinajstić information content (AvgIpc) is 3.78. The van der Waals surface area contributed by atoms with Gasteiger partial charge in [-0.3, -0.25) is 29.5 Å². The Labute approximate surface area is 350 Å². The topological polar surface area (TPSA) is 179 Å². The van der Waals surface area contributed by atoms with E-state index in [1.165, 1.54) is 0 Å². The zero-order chi connectivity index (χ0) is 41.7. The first-order chi connectivity index (χ1) is 28.4. The van der Waals surface area contributed by atoms with Crippen LogP contribution in [0.5, 0.6) is 0 Å². The Kier molecular flexibility index (Phi) is 13.8. The van der Waals surface area contributed by atoms with Crippen molar-refractivity contribution in [2.45, 2.75) is 83.2 Å². The second kappa shape index (κ2) is 18.8. The lowest BCUT2D eigenvalue weighted by Gasteiger charge is -2.34. The number of alkyl halides is 2. The SMILES string of the molecule is C.C[C@@H]1CN(c2ccc(C#N)c3nccnc23)C[C@@H]1NC(=O)CC1(F)CCN(C)CC1.C[C@@H]1CN(c2ccc(C#N)c3nccnc23)C[C@@H]1NC(=O)CC1(F)CCNCC1. The molecule has 4 atom stereocenters. The number of likely N-dealkylation sites (tertiary alicyclic amines) is 1. The molecule has 0 bridgehead atoms. The van der Waals surface area contributed by atoms with Crippen molar-refractivity contribution in [1.82, 2.24) is 40.8 Å². The molecular weight excluding hydrogens is 767 g/mol. The molecule has 4 aromatic rings. The van der Waals surface area contributed by atoms with Crippen LogP contribution in [0.2, 0.25) is 0 Å². The van der Waals surface area contributed by atoms with Crippen LogP contribution >= 0.6 is 0 Å². The van der Waals surface area contributed by atoms with Crippen LogP contribution in [-0.2, 0) is 9.59 Å². The quantitative estimate of drug-likeness (QED) is 0.221. The molecule has 0 aliphatic carbocycles. The molecule has 60 heavy (non-hydrogen) atoms. The maximum atomic E-state index is 15.0. The number of piperidine rings is 2. The van der Waals surface area contributed by atoms with E-state index in [2.05, 4.69) is 76.6 Å². The lowest BCUT2D eigenvalue weighted by Crippen LogP contribution is -2.46. The largest absolute Gasteiger partial charge is 0.367 e. The summed E-state index contributed by atoms with van der Waals surface area (Å²) < 4.78 is 29.8. The Morgan fingerprint density at radius 2 is 1.10 bits per heavy atom. The number of nitriles is 2. The third-order valence-corrected chi connectivity index (χ3v) is 12.4. The Balaban J connectivity index is 0.000000198. The Morgan fingerprint density at radius 3 is 1.52 bits per heavy atom. The number of hydrogen-bond acceptors (Lipinski definition) is 12. The maximum absolute atomic E-state index is 15.0. The highest BCUT2D eigenvalue weighted by Crippen LogP contribution is 2.34. The van der Waals surface area contributed by atoms with Crippen molar-refractivity contribution in [2.75, 3.05) is 69.2 Å². The zero-order valence-corrected chi connectivity index (χ0v) is 33.9. The van der Waals surface area contributed by atoms with Gasteiger partial charge in [-0.2, -0.15) is 10.5 Å². The fourth-order valence-corrected chi connectivity index (χ4v) is 8.82. The van der Waals surface area contributed by atoms with E-state index in [1.54, 1.807) is 36.9 Å². The number of amides is 2. The summed E-state index contributed by atoms with van der Waals surface area (Å²) in [4.78, 5) is 49.0. The van der Waals surface area contributed by atoms with Gasteiger partial charge in [0, 0.05) is 64.1 Å². The summed E-state index contributed by atoms with van der Waals surface area (Å²) in [7, 11) is 1.98. The normalized spacial score (nSPS) is 23.4. The molecule has 2 aromatic heterocycles. The number of nitrogens with zero attached hydrogens (tertiary/aromatic N) is 9. The highest BCUT2D eigenvalue weighted by atomic mass is 19.1. The number of hydrogen-bond donors (Lipinski definition) is 3. The number of rotatable bonds is 8. The van der Waals surface area contributed by atoms with E-state index in [-0.39, 0.29) is 56.0 Å². The van der Waals surface area contributed by atoms with Crippen molar-refractivity contribution in [3.63, 3.8) is 0 Å². The predicted molar refractivity (Wildman–Crippen MR) is 228 cm³/mol. The number of aromatic nitrogens is 4. The maximum Gasteiger partial charge on any atom is 0.223 e. The first-order valence-corrected chi connectivity index (χ1v) is 20.5. The molecule has 4 fully saturated rings. The van der Waals surface area contributed by atoms with E-state index in [0.29, 0.717) is 98.1 Å². The Bertz CT molecular complexity index is 2250. The van der Waals surface area contributed by atoms with Crippen LogP contribution in [0, 0.1) is 34.5 Å². The minimum Gasteiger partial charge on any atom is -0.367 e. The smallest absolute Gasteiger partial charge is 0.223 e. The molecule has 8 rings (SSSR count). The van der Waals surface area contributed by atoms with Gasteiger partial charge >= 0.3 is 0 Å². The molecule has 0 saturated carbocycles. The van der Waals surface area contributed by atoms with Crippen molar-refractivity contribution in [3.05, 3.63) is 60.2 Å². The lowest BCUT2D eigenvalue weighted by atomic mass is 9.89. The van der Waals surface area contributed by atoms with Crippen LogP contribution in [0.25, 0.3) is 22.1 Å². The molecule has 3 N–H and O–H groups in total. The monoisotopic (exact) mass is 822 g/mol. The first-order valence-electron chi connectivity index (χ1n) is 20.5. The van der Waals surface area contributed by atoms with Gasteiger partial charge in [0.25, 0.3) is 0 Å². The standard InChI is InChI=1S/C22H27FN6O.C21H25FN6O.CH4/c1-15-13-29(18-4-3-16(12-24)20-21(18)26-8-7-25-20)14-17(15)27-19(30)11-22(23)5-9-28(2)10-6-22;1-14-12-28(17-3-2-15(11-23)19-20(17)26-9-8-25-19)13-16(14)27-18(29)10-21(22)4-6-24-7-5-21;/h3-4,7-8,15,17H,5-6,9-11,13-14H2,1-2H3,(H,27,30);2-3,8-9,14,16,24H,4-7,10,12-13H2,1H3,(H,27,29);1H4/t15-,17+;14-,16+;/m11./s1. The molecule has 16 heteroatoms. The fourth-order valence-electron chi connectivity index (χ4n) is 8.82. The number of halogens is 2. The molecule has 2 aromatic carbocycles. The van der Waals surface area contributed by atoms with Crippen LogP contribution in [0.15, 0.2) is 49.1 Å². The average molecular weight is 823 g/mol. The van der Waals surface area contributed by atoms with E-state index < -0.39 is 11.3 Å². The van der Waals surface area contributed by atoms with E-state index in [4.69, 9.17) is 0 Å². The van der Waals surface area contributed by atoms with Gasteiger partial charge in [-0.15, -0.1) is 0 Å². The van der Waals surface area contributed by atoms with Crippen LogP contribution < -0.4 is 25.8 Å². The number of carbonyl (C=O) groups is 2. The van der Waals surface area contributed by atoms with Gasteiger partial charge in [-0.05, 0) is 81.9 Å². The van der Waals surface area contributed by atoms with E-state index in [1.807, 2.05) is 19.2 Å². The van der Waals surface area contributed by atoms with Crippen LogP contribution in [0.4, 0.5) is 20.2 Å². The van der Waals surface area contributed by atoms with Gasteiger partial charge in [0.15, 0.2) is 0 Å². The molecule has 6 heterocycles. The summed E-state index contributed by atoms with van der Waals surface area (Å²) in [6.45, 7) is 9.49. The van der Waals surface area contributed by atoms with Gasteiger partial charge in [0.05, 0.1) is 47.4 Å². The number of benzene rings is 2. The summed E-state index contributed by atoms with van der Waals surface area (Å²) >= 11 is 0. The van der Waals surface area contributed by atoms with Crippen LogP contribution in [-0.4, -0.2) is 119 Å². The zero-order valence-electron chi connectivity index (χ0n) is 33.9. The predicted octanol–water partition coefficient (Wildman–Crippen LogP) is 4.83. The molecule has 2 amide bonds. The third-order valence-electron chi connectivity index (χ3n) is 12.4. The lowest BCUT2D eigenvalue weighted by molar-refractivity contribution is -0.126. The summed E-state index contributed by atoms with van der Waals surface area (Å²) in [6, 6.07) is 11.5. The molecular formula is C44H56F2N12O2. The Hall–Kier alpha value is -5.58. The first kappa shape index (κ1) is 44.0. The summed E-state index contributed by atoms with van der Waals surface area (Å²) in [5.74, 6) is -0.0166. The van der Waals surface area contributed by atoms with E-state index in [9.17, 15) is 24.5 Å². The minimum absolute atomic E-state index is 0. The van der Waals surface area contributed by atoms with Gasteiger partial charge in [-0.1, -0.05) is 21.3 Å². The highest BCUT2D eigenvalue weighted by molar-refractivity contribution is 5.93. The van der Waals surface area contributed by atoms with E-state index in [0.717, 1.165) is 24.5 Å². The van der Waals surface area contributed by atoms with Gasteiger partial charge in [0.2, 0.25) is 11.8 Å². The summed E-state index contributed by atoms with van der Waals surface area (Å²) in [5.41, 5.74) is 2.50. The second-order valence-electron chi connectivity index (χ2n) is 16.8. The van der Waals surface area contributed by atoms with Crippen molar-refractivity contribution in [1.29, 1.82) is 10.5 Å². The molecule has 0 radical (unpaired) electrons. The van der Waals surface area contributed by atoms with Crippen molar-refractivity contribution in [3.8, 4) is 12.1 Å². The van der Waals surface area contributed by atoms with Crippen LogP contribution in [0.3, 0.4) is 0 Å². The molecule has 318 valence electrons. The van der Waals surface area contributed by atoms with Crippen molar-refractivity contribution in [2.24, 2.45) is 11.8 Å². The number of nitrogens with one attached hydrogen (secondary N) is 3. The van der Waals surface area contributed by atoms with Gasteiger partial charge < -0.3 is 30.7 Å². The van der Waals surface area contributed by atoms with Crippen molar-refractivity contribution >= 4 is 45.3 Å². The molecule has 4 aliphatic rings. The molecule has 4 aliphatic heterocycles. The van der Waals surface area contributed by atoms with Gasteiger partial charge in [-0.25, -0.2) is 8.78 Å². The molecule has 0 spiro atoms. The van der Waals surface area contributed by atoms with Crippen LogP contribution in [0.1, 0.15) is 70.9 Å².